The van der Waals surface area contributed by atoms with Gasteiger partial charge in [-0.25, -0.2) is 14.5 Å². The van der Waals surface area contributed by atoms with Crippen LogP contribution in [-0.2, 0) is 17.9 Å². The molecule has 2 aromatic heterocycles. The van der Waals surface area contributed by atoms with Crippen LogP contribution >= 0.6 is 0 Å². The zero-order valence-electron chi connectivity index (χ0n) is 13.9. The number of carboxylic acids is 1. The Bertz CT molecular complexity index is 927. The van der Waals surface area contributed by atoms with Gasteiger partial charge in [-0.3, -0.25) is 4.79 Å². The van der Waals surface area contributed by atoms with Gasteiger partial charge in [0.1, 0.15) is 12.4 Å². The molecule has 0 bridgehead atoms. The fourth-order valence-electron chi connectivity index (χ4n) is 2.65. The molecule has 1 aromatic carbocycles. The summed E-state index contributed by atoms with van der Waals surface area (Å²) in [6.45, 7) is 4.28. The Kier molecular flexibility index (Phi) is 4.46. The quantitative estimate of drug-likeness (QED) is 0.696. The van der Waals surface area contributed by atoms with Gasteiger partial charge in [0.15, 0.2) is 5.69 Å². The lowest BCUT2D eigenvalue weighted by atomic mass is 10.3. The van der Waals surface area contributed by atoms with E-state index in [1.807, 2.05) is 24.3 Å². The average Bonchev–Trinajstić information content (AvgIpc) is 3.16. The van der Waals surface area contributed by atoms with Crippen LogP contribution in [0.5, 0.6) is 0 Å². The highest BCUT2D eigenvalue weighted by Crippen LogP contribution is 2.20. The Morgan fingerprint density at radius 1 is 1.28 bits per heavy atom. The largest absolute Gasteiger partial charge is 0.476 e. The van der Waals surface area contributed by atoms with Gasteiger partial charge in [0.2, 0.25) is 5.91 Å². The van der Waals surface area contributed by atoms with Gasteiger partial charge >= 0.3 is 5.97 Å². The van der Waals surface area contributed by atoms with Crippen LogP contribution in [0.2, 0.25) is 0 Å². The molecule has 0 aliphatic carbocycles. The van der Waals surface area contributed by atoms with E-state index in [4.69, 9.17) is 5.11 Å². The topological polar surface area (TPSA) is 115 Å². The summed E-state index contributed by atoms with van der Waals surface area (Å²) in [5.74, 6) is -0.726. The molecular weight excluding hydrogens is 324 g/mol. The molecule has 25 heavy (non-hydrogen) atoms. The van der Waals surface area contributed by atoms with E-state index in [2.05, 4.69) is 39.0 Å². The van der Waals surface area contributed by atoms with Gasteiger partial charge in [0.25, 0.3) is 0 Å². The number of amides is 1. The summed E-state index contributed by atoms with van der Waals surface area (Å²) in [6, 6.07) is 8.01. The Morgan fingerprint density at radius 3 is 2.72 bits per heavy atom. The summed E-state index contributed by atoms with van der Waals surface area (Å²) >= 11 is 0. The highest BCUT2D eigenvalue weighted by molar-refractivity contribution is 5.84. The molecule has 9 heteroatoms. The molecule has 3 aromatic rings. The fraction of sp³-hybridized carbons (Fsp3) is 0.312. The first-order valence-electron chi connectivity index (χ1n) is 7.81. The molecule has 0 aliphatic rings. The monoisotopic (exact) mass is 342 g/mol. The maximum atomic E-state index is 12.1. The number of nitrogens with zero attached hydrogens (tertiary/aromatic N) is 5. The van der Waals surface area contributed by atoms with Crippen molar-refractivity contribution < 1.29 is 14.7 Å². The smallest absolute Gasteiger partial charge is 0.358 e. The summed E-state index contributed by atoms with van der Waals surface area (Å²) < 4.78 is 3.26. The molecule has 2 N–H and O–H groups in total. The summed E-state index contributed by atoms with van der Waals surface area (Å²) in [7, 11) is 0. The number of aromatic nitrogens is 5. The van der Waals surface area contributed by atoms with Crippen molar-refractivity contribution in [1.82, 2.24) is 29.9 Å². The van der Waals surface area contributed by atoms with Gasteiger partial charge in [-0.05, 0) is 26.0 Å². The number of rotatable bonds is 6. The average molecular weight is 342 g/mol. The maximum Gasteiger partial charge on any atom is 0.358 e. The number of hydrogen-bond acceptors (Lipinski definition) is 5. The van der Waals surface area contributed by atoms with E-state index in [9.17, 15) is 9.59 Å². The maximum absolute atomic E-state index is 12.1. The van der Waals surface area contributed by atoms with Crippen molar-refractivity contribution in [1.29, 1.82) is 0 Å². The Labute approximate surface area is 143 Å². The van der Waals surface area contributed by atoms with Crippen LogP contribution in [0.15, 0.2) is 30.5 Å². The zero-order chi connectivity index (χ0) is 18.0. The van der Waals surface area contributed by atoms with Crippen LogP contribution in [0.3, 0.4) is 0 Å². The van der Waals surface area contributed by atoms with Crippen molar-refractivity contribution >= 4 is 22.9 Å². The third-order valence-electron chi connectivity index (χ3n) is 3.69. The van der Waals surface area contributed by atoms with Crippen molar-refractivity contribution in [2.24, 2.45) is 0 Å². The lowest BCUT2D eigenvalue weighted by Crippen LogP contribution is -2.28. The van der Waals surface area contributed by atoms with E-state index in [1.54, 1.807) is 0 Å². The predicted molar refractivity (Wildman–Crippen MR) is 88.9 cm³/mol. The van der Waals surface area contributed by atoms with Gasteiger partial charge < -0.3 is 15.0 Å². The number of hydrogen-bond donors (Lipinski definition) is 2. The standard InChI is InChI=1S/C16H18N6O3/c1-10(2)22-13-6-4-3-5-11(13)18-14(22)7-17-15(23)9-21-8-12(16(24)25)19-20-21/h3-6,8,10H,7,9H2,1-2H3,(H,17,23)(H,24,25). The van der Waals surface area contributed by atoms with E-state index in [1.165, 1.54) is 10.9 Å². The minimum absolute atomic E-state index is 0.109. The van der Waals surface area contributed by atoms with Crippen LogP contribution in [0.1, 0.15) is 36.2 Å². The minimum Gasteiger partial charge on any atom is -0.476 e. The van der Waals surface area contributed by atoms with E-state index < -0.39 is 5.97 Å². The highest BCUT2D eigenvalue weighted by atomic mass is 16.4. The van der Waals surface area contributed by atoms with Crippen molar-refractivity contribution in [3.63, 3.8) is 0 Å². The SMILES string of the molecule is CC(C)n1c(CNC(=O)Cn2cc(C(=O)O)nn2)nc2ccccc21. The molecule has 0 saturated carbocycles. The second-order valence-corrected chi connectivity index (χ2v) is 5.86. The number of carbonyl (C=O) groups excluding carboxylic acids is 1. The number of carboxylic acid groups (broad SMARTS) is 1. The number of carbonyl (C=O) groups is 2. The third-order valence-corrected chi connectivity index (χ3v) is 3.69. The summed E-state index contributed by atoms with van der Waals surface area (Å²) in [5, 5.41) is 18.7. The predicted octanol–water partition coefficient (Wildman–Crippen LogP) is 1.22. The molecule has 0 aliphatic heterocycles. The molecule has 0 radical (unpaired) electrons. The molecule has 9 nitrogen and oxygen atoms in total. The zero-order valence-corrected chi connectivity index (χ0v) is 13.9. The van der Waals surface area contributed by atoms with E-state index in [0.29, 0.717) is 0 Å². The number of para-hydroxylation sites is 2. The Balaban J connectivity index is 1.70. The molecule has 0 fully saturated rings. The Morgan fingerprint density at radius 2 is 2.04 bits per heavy atom. The van der Waals surface area contributed by atoms with Crippen LogP contribution in [0.25, 0.3) is 11.0 Å². The summed E-state index contributed by atoms with van der Waals surface area (Å²) in [5.41, 5.74) is 1.70. The van der Waals surface area contributed by atoms with Crippen LogP contribution in [-0.4, -0.2) is 41.5 Å². The molecule has 0 atom stereocenters. The molecule has 3 rings (SSSR count). The lowest BCUT2D eigenvalue weighted by molar-refractivity contribution is -0.122. The second-order valence-electron chi connectivity index (χ2n) is 5.86. The molecule has 0 unspecified atom stereocenters. The van der Waals surface area contributed by atoms with E-state index in [0.717, 1.165) is 16.9 Å². The van der Waals surface area contributed by atoms with Crippen LogP contribution in [0, 0.1) is 0 Å². The third kappa shape index (κ3) is 3.49. The van der Waals surface area contributed by atoms with Crippen molar-refractivity contribution in [2.75, 3.05) is 0 Å². The van der Waals surface area contributed by atoms with Gasteiger partial charge in [0, 0.05) is 6.04 Å². The van der Waals surface area contributed by atoms with Crippen molar-refractivity contribution in [3.8, 4) is 0 Å². The number of imidazole rings is 1. The van der Waals surface area contributed by atoms with Gasteiger partial charge in [-0.1, -0.05) is 17.3 Å². The molecule has 0 saturated heterocycles. The van der Waals surface area contributed by atoms with Crippen LogP contribution in [0.4, 0.5) is 0 Å². The second kappa shape index (κ2) is 6.71. The first kappa shape index (κ1) is 16.6. The van der Waals surface area contributed by atoms with Crippen LogP contribution < -0.4 is 5.32 Å². The molecule has 0 spiro atoms. The molecule has 1 amide bonds. The van der Waals surface area contributed by atoms with Gasteiger partial charge in [0.05, 0.1) is 23.8 Å². The summed E-state index contributed by atoms with van der Waals surface area (Å²) in [6.07, 6.45) is 1.21. The van der Waals surface area contributed by atoms with Crippen molar-refractivity contribution in [3.05, 3.63) is 42.0 Å². The number of nitrogens with one attached hydrogen (secondary N) is 1. The normalized spacial score (nSPS) is 11.2. The molecule has 130 valence electrons. The minimum atomic E-state index is -1.18. The lowest BCUT2D eigenvalue weighted by Gasteiger charge is -2.13. The van der Waals surface area contributed by atoms with Gasteiger partial charge in [-0.2, -0.15) is 0 Å². The first-order chi connectivity index (χ1) is 12.0. The van der Waals surface area contributed by atoms with Gasteiger partial charge in [-0.15, -0.1) is 5.10 Å². The highest BCUT2D eigenvalue weighted by Gasteiger charge is 2.15. The molecule has 2 heterocycles. The van der Waals surface area contributed by atoms with Crippen molar-refractivity contribution in [2.45, 2.75) is 33.0 Å². The van der Waals surface area contributed by atoms with E-state index in [-0.39, 0.29) is 30.7 Å². The Hall–Kier alpha value is -3.23. The fourth-order valence-corrected chi connectivity index (χ4v) is 2.65. The first-order valence-corrected chi connectivity index (χ1v) is 7.81. The molecular formula is C16H18N6O3. The number of fused-ring (bicyclic) bond motifs is 1. The summed E-state index contributed by atoms with van der Waals surface area (Å²) in [4.78, 5) is 27.4. The van der Waals surface area contributed by atoms with E-state index >= 15 is 0 Å². The number of aromatic carboxylic acids is 1. The number of benzene rings is 1.